The molecule has 164 valence electrons. The van der Waals surface area contributed by atoms with E-state index in [1.807, 2.05) is 0 Å². The quantitative estimate of drug-likeness (QED) is 0.199. The minimum Gasteiger partial charge on any atom is -0.455 e. The molecule has 0 heterocycles. The lowest BCUT2D eigenvalue weighted by Gasteiger charge is -2.34. The Balaban J connectivity index is 6.02. The molecular weight excluding hydrogens is 430 g/mol. The summed E-state index contributed by atoms with van der Waals surface area (Å²) in [4.78, 5) is 23.2. The maximum absolute atomic E-state index is 13.5. The zero-order valence-electron chi connectivity index (χ0n) is 14.6. The fraction of sp³-hybridized carbons (Fsp3) is 0.692. The topological polar surface area (TPSA) is 116 Å². The van der Waals surface area contributed by atoms with E-state index < -0.39 is 63.7 Å². The first-order chi connectivity index (χ1) is 12.2. The third-order valence-electron chi connectivity index (χ3n) is 2.57. The van der Waals surface area contributed by atoms with Gasteiger partial charge in [-0.1, -0.05) is 6.58 Å². The highest BCUT2D eigenvalue weighted by Crippen LogP contribution is 2.39. The van der Waals surface area contributed by atoms with E-state index in [0.717, 1.165) is 20.8 Å². The Hall–Kier alpha value is -1.87. The van der Waals surface area contributed by atoms with Crippen LogP contribution in [-0.4, -0.2) is 54.3 Å². The van der Waals surface area contributed by atoms with Crippen LogP contribution in [0.2, 0.25) is 0 Å². The van der Waals surface area contributed by atoms with E-state index in [1.165, 1.54) is 0 Å². The Kier molecular flexibility index (Phi) is 7.69. The normalized spacial score (nSPS) is 15.5. The van der Waals surface area contributed by atoms with E-state index in [0.29, 0.717) is 0 Å². The number of rotatable bonds is 8. The number of hydrogen-bond donors (Lipinski definition) is 1. The Bertz CT molecular complexity index is 724. The Morgan fingerprint density at radius 1 is 1.04 bits per heavy atom. The molecule has 0 amide bonds. The highest BCUT2D eigenvalue weighted by atomic mass is 32.2. The van der Waals surface area contributed by atoms with Crippen LogP contribution < -0.4 is 0 Å². The summed E-state index contributed by atoms with van der Waals surface area (Å²) < 4.78 is 121. The molecule has 15 heteroatoms. The Labute approximate surface area is 155 Å². The summed E-state index contributed by atoms with van der Waals surface area (Å²) in [6, 6.07) is 0. The molecule has 0 aromatic heterocycles. The fourth-order valence-corrected chi connectivity index (χ4v) is 1.70. The number of ether oxygens (including phenoxy) is 3. The van der Waals surface area contributed by atoms with Gasteiger partial charge >= 0.3 is 39.3 Å². The van der Waals surface area contributed by atoms with Crippen molar-refractivity contribution in [3.05, 3.63) is 12.4 Å². The standard InChI is InChI=1S/C13H16F6O8S/c1-7(14)8(20)26-12(13(17,18)19,9(21)27-10(2,3)4)25-6-5-11(15,16)28(22,23)24/h1,5-6H2,2-4H3,(H,22,23,24). The lowest BCUT2D eigenvalue weighted by molar-refractivity contribution is -0.358. The Morgan fingerprint density at radius 2 is 1.50 bits per heavy atom. The third-order valence-corrected chi connectivity index (χ3v) is 3.53. The summed E-state index contributed by atoms with van der Waals surface area (Å²) in [5.74, 6) is -11.7. The molecule has 0 rings (SSSR count). The van der Waals surface area contributed by atoms with Crippen molar-refractivity contribution in [3.8, 4) is 0 Å². The number of carbonyl (C=O) groups is 2. The molecular formula is C13H16F6O8S. The maximum Gasteiger partial charge on any atom is 0.468 e. The molecule has 0 radical (unpaired) electrons. The van der Waals surface area contributed by atoms with Gasteiger partial charge in [0, 0.05) is 0 Å². The number of hydrogen-bond acceptors (Lipinski definition) is 7. The molecule has 0 saturated carbocycles. The lowest BCUT2D eigenvalue weighted by atomic mass is 10.1. The molecule has 0 bridgehead atoms. The largest absolute Gasteiger partial charge is 0.468 e. The molecule has 0 fully saturated rings. The zero-order valence-corrected chi connectivity index (χ0v) is 15.4. The maximum atomic E-state index is 13.5. The van der Waals surface area contributed by atoms with Crippen molar-refractivity contribution in [1.29, 1.82) is 0 Å². The monoisotopic (exact) mass is 446 g/mol. The minimum atomic E-state index is -6.03. The van der Waals surface area contributed by atoms with Crippen molar-refractivity contribution >= 4 is 22.1 Å². The van der Waals surface area contributed by atoms with Gasteiger partial charge in [0.1, 0.15) is 5.60 Å². The van der Waals surface area contributed by atoms with Gasteiger partial charge in [0.2, 0.25) is 5.83 Å². The van der Waals surface area contributed by atoms with Gasteiger partial charge in [0.15, 0.2) is 0 Å². The smallest absolute Gasteiger partial charge is 0.455 e. The second-order valence-corrected chi connectivity index (χ2v) is 7.67. The number of esters is 2. The van der Waals surface area contributed by atoms with Crippen LogP contribution in [-0.2, 0) is 33.9 Å². The van der Waals surface area contributed by atoms with Crippen molar-refractivity contribution in [2.24, 2.45) is 0 Å². The molecule has 0 spiro atoms. The second-order valence-electron chi connectivity index (χ2n) is 6.12. The SMILES string of the molecule is C=C(F)C(=O)OC(OCCC(F)(F)S(=O)(=O)O)(C(=O)OC(C)(C)C)C(F)(F)F. The summed E-state index contributed by atoms with van der Waals surface area (Å²) in [5, 5.41) is -4.97. The van der Waals surface area contributed by atoms with E-state index >= 15 is 0 Å². The summed E-state index contributed by atoms with van der Waals surface area (Å²) in [6.07, 6.45) is -8.06. The van der Waals surface area contributed by atoms with Crippen LogP contribution in [0.5, 0.6) is 0 Å². The van der Waals surface area contributed by atoms with Gasteiger partial charge in [-0.3, -0.25) is 4.55 Å². The average Bonchev–Trinajstić information content (AvgIpc) is 2.40. The minimum absolute atomic E-state index is 1.09. The van der Waals surface area contributed by atoms with Crippen molar-refractivity contribution < 1.29 is 63.1 Å². The fourth-order valence-electron chi connectivity index (χ4n) is 1.36. The van der Waals surface area contributed by atoms with Crippen molar-refractivity contribution in [2.75, 3.05) is 6.61 Å². The lowest BCUT2D eigenvalue weighted by Crippen LogP contribution is -2.59. The van der Waals surface area contributed by atoms with Crippen LogP contribution in [0.4, 0.5) is 26.3 Å². The molecule has 8 nitrogen and oxygen atoms in total. The zero-order chi connectivity index (χ0) is 22.8. The third kappa shape index (κ3) is 6.63. The molecule has 0 aromatic rings. The van der Waals surface area contributed by atoms with Crippen LogP contribution in [0, 0.1) is 0 Å². The first-order valence-electron chi connectivity index (χ1n) is 7.03. The first-order valence-corrected chi connectivity index (χ1v) is 8.47. The summed E-state index contributed by atoms with van der Waals surface area (Å²) >= 11 is 0. The predicted octanol–water partition coefficient (Wildman–Crippen LogP) is 2.50. The molecule has 1 N–H and O–H groups in total. The van der Waals surface area contributed by atoms with E-state index in [1.54, 1.807) is 0 Å². The van der Waals surface area contributed by atoms with Crippen molar-refractivity contribution in [2.45, 2.75) is 50.0 Å². The molecule has 0 saturated heterocycles. The Morgan fingerprint density at radius 3 is 1.82 bits per heavy atom. The van der Waals surface area contributed by atoms with E-state index in [-0.39, 0.29) is 0 Å². The summed E-state index contributed by atoms with van der Waals surface area (Å²) in [6.45, 7) is 3.74. The van der Waals surface area contributed by atoms with Crippen molar-refractivity contribution in [1.82, 2.24) is 0 Å². The van der Waals surface area contributed by atoms with Gasteiger partial charge in [-0.15, -0.1) is 0 Å². The van der Waals surface area contributed by atoms with Crippen LogP contribution in [0.3, 0.4) is 0 Å². The molecule has 0 aliphatic carbocycles. The van der Waals surface area contributed by atoms with E-state index in [2.05, 4.69) is 20.8 Å². The molecule has 0 aliphatic rings. The predicted molar refractivity (Wildman–Crippen MR) is 78.0 cm³/mol. The number of alkyl halides is 5. The number of halogens is 6. The second kappa shape index (κ2) is 8.24. The highest BCUT2D eigenvalue weighted by Gasteiger charge is 2.68. The average molecular weight is 446 g/mol. The first kappa shape index (κ1) is 26.1. The van der Waals surface area contributed by atoms with Crippen LogP contribution in [0.15, 0.2) is 12.4 Å². The highest BCUT2D eigenvalue weighted by molar-refractivity contribution is 7.86. The van der Waals surface area contributed by atoms with Crippen molar-refractivity contribution in [3.63, 3.8) is 0 Å². The van der Waals surface area contributed by atoms with Crippen LogP contribution >= 0.6 is 0 Å². The molecule has 0 aromatic carbocycles. The van der Waals surface area contributed by atoms with Gasteiger partial charge in [-0.05, 0) is 20.8 Å². The van der Waals surface area contributed by atoms with Gasteiger partial charge in [0.25, 0.3) is 0 Å². The molecule has 28 heavy (non-hydrogen) atoms. The molecule has 1 unspecified atom stereocenters. The van der Waals surface area contributed by atoms with Crippen LogP contribution in [0.25, 0.3) is 0 Å². The van der Waals surface area contributed by atoms with Gasteiger partial charge < -0.3 is 14.2 Å². The van der Waals surface area contributed by atoms with Gasteiger partial charge in [-0.2, -0.15) is 34.8 Å². The number of carbonyl (C=O) groups excluding carboxylic acids is 2. The van der Waals surface area contributed by atoms with E-state index in [9.17, 15) is 44.3 Å². The van der Waals surface area contributed by atoms with E-state index in [4.69, 9.17) is 4.55 Å². The summed E-state index contributed by atoms with van der Waals surface area (Å²) in [7, 11) is -6.03. The molecule has 0 aliphatic heterocycles. The van der Waals surface area contributed by atoms with Crippen LogP contribution in [0.1, 0.15) is 27.2 Å². The molecule has 1 atom stereocenters. The van der Waals surface area contributed by atoms with Gasteiger partial charge in [-0.25, -0.2) is 9.59 Å². The van der Waals surface area contributed by atoms with Gasteiger partial charge in [0.05, 0.1) is 13.0 Å². The summed E-state index contributed by atoms with van der Waals surface area (Å²) in [5.41, 5.74) is -1.63.